The van der Waals surface area contributed by atoms with E-state index < -0.39 is 47.1 Å². The van der Waals surface area contributed by atoms with Crippen LogP contribution >= 0.6 is 0 Å². The minimum absolute atomic E-state index is 0.0818. The molecule has 34 heavy (non-hydrogen) atoms. The summed E-state index contributed by atoms with van der Waals surface area (Å²) in [5.41, 5.74) is 1.94. The highest BCUT2D eigenvalue weighted by Crippen LogP contribution is 2.17. The molecule has 0 aliphatic carbocycles. The minimum atomic E-state index is -1.33. The number of methoxy groups -OCH3 is 1. The van der Waals surface area contributed by atoms with Crippen molar-refractivity contribution in [3.05, 3.63) is 35.1 Å². The van der Waals surface area contributed by atoms with Gasteiger partial charge in [0.15, 0.2) is 11.6 Å². The molecule has 1 aliphatic rings. The molecule has 0 bridgehead atoms. The molecule has 1 heterocycles. The van der Waals surface area contributed by atoms with E-state index in [0.717, 1.165) is 0 Å². The SMILES string of the molecule is COC(=O)CN1CCNN(C(=O)C[C@@H](Cc2cc(F)c(F)cc2F)NC(=O)OC(C)(C)C)CC1. The first-order chi connectivity index (χ1) is 15.9. The maximum absolute atomic E-state index is 14.2. The minimum Gasteiger partial charge on any atom is -0.468 e. The molecule has 1 aromatic rings. The number of hydrogen-bond donors (Lipinski definition) is 2. The molecule has 0 aromatic heterocycles. The lowest BCUT2D eigenvalue weighted by Gasteiger charge is -2.26. The Morgan fingerprint density at radius 3 is 2.41 bits per heavy atom. The van der Waals surface area contributed by atoms with Gasteiger partial charge in [0.1, 0.15) is 11.4 Å². The number of esters is 1. The molecule has 9 nitrogen and oxygen atoms in total. The van der Waals surface area contributed by atoms with E-state index in [0.29, 0.717) is 31.8 Å². The predicted molar refractivity (Wildman–Crippen MR) is 116 cm³/mol. The largest absolute Gasteiger partial charge is 0.468 e. The van der Waals surface area contributed by atoms with Crippen LogP contribution in [0.25, 0.3) is 0 Å². The third-order valence-corrected chi connectivity index (χ3v) is 4.95. The van der Waals surface area contributed by atoms with Crippen LogP contribution in [0.15, 0.2) is 12.1 Å². The van der Waals surface area contributed by atoms with E-state index in [2.05, 4.69) is 15.5 Å². The average molecular weight is 489 g/mol. The molecule has 12 heteroatoms. The second kappa shape index (κ2) is 12.0. The second-order valence-electron chi connectivity index (χ2n) is 8.91. The maximum Gasteiger partial charge on any atom is 0.407 e. The van der Waals surface area contributed by atoms with Gasteiger partial charge in [0.2, 0.25) is 5.91 Å². The third kappa shape index (κ3) is 8.82. The third-order valence-electron chi connectivity index (χ3n) is 4.95. The summed E-state index contributed by atoms with van der Waals surface area (Å²) in [6, 6.07) is 0.162. The van der Waals surface area contributed by atoms with Crippen LogP contribution in [0.4, 0.5) is 18.0 Å². The zero-order valence-electron chi connectivity index (χ0n) is 19.8. The summed E-state index contributed by atoms with van der Waals surface area (Å²) in [6.07, 6.45) is -1.36. The summed E-state index contributed by atoms with van der Waals surface area (Å²) in [7, 11) is 1.29. The number of ether oxygens (including phenoxy) is 2. The molecule has 1 aliphatic heterocycles. The summed E-state index contributed by atoms with van der Waals surface area (Å²) in [6.45, 7) is 6.57. The number of alkyl carbamates (subject to hydrolysis) is 1. The lowest BCUT2D eigenvalue weighted by molar-refractivity contribution is -0.141. The number of rotatable bonds is 7. The van der Waals surface area contributed by atoms with Crippen molar-refractivity contribution >= 4 is 18.0 Å². The average Bonchev–Trinajstić information content (AvgIpc) is 2.96. The molecule has 1 aromatic carbocycles. The van der Waals surface area contributed by atoms with Gasteiger partial charge in [-0.05, 0) is 38.8 Å². The van der Waals surface area contributed by atoms with Crippen LogP contribution in [0.1, 0.15) is 32.8 Å². The highest BCUT2D eigenvalue weighted by atomic mass is 19.2. The lowest BCUT2D eigenvalue weighted by atomic mass is 10.0. The second-order valence-corrected chi connectivity index (χ2v) is 8.91. The van der Waals surface area contributed by atoms with Crippen molar-refractivity contribution in [1.82, 2.24) is 20.7 Å². The van der Waals surface area contributed by atoms with E-state index in [4.69, 9.17) is 4.74 Å². The first kappa shape index (κ1) is 27.4. The van der Waals surface area contributed by atoms with E-state index in [1.807, 2.05) is 4.90 Å². The van der Waals surface area contributed by atoms with Gasteiger partial charge in [-0.2, -0.15) is 0 Å². The smallest absolute Gasteiger partial charge is 0.407 e. The van der Waals surface area contributed by atoms with Crippen LogP contribution in [-0.4, -0.2) is 79.4 Å². The number of amides is 2. The summed E-state index contributed by atoms with van der Waals surface area (Å²) >= 11 is 0. The van der Waals surface area contributed by atoms with Gasteiger partial charge < -0.3 is 14.8 Å². The fraction of sp³-hybridized carbons (Fsp3) is 0.591. The van der Waals surface area contributed by atoms with Gasteiger partial charge >= 0.3 is 12.1 Å². The summed E-state index contributed by atoms with van der Waals surface area (Å²) in [5.74, 6) is -4.37. The molecule has 0 unspecified atom stereocenters. The first-order valence-electron chi connectivity index (χ1n) is 10.8. The van der Waals surface area contributed by atoms with Crippen molar-refractivity contribution in [2.45, 2.75) is 45.3 Å². The van der Waals surface area contributed by atoms with Crippen molar-refractivity contribution in [1.29, 1.82) is 0 Å². The van der Waals surface area contributed by atoms with Crippen LogP contribution in [-0.2, 0) is 25.5 Å². The molecule has 2 rings (SSSR count). The van der Waals surface area contributed by atoms with Crippen molar-refractivity contribution in [2.75, 3.05) is 39.8 Å². The van der Waals surface area contributed by atoms with E-state index in [1.54, 1.807) is 20.8 Å². The number of nitrogens with zero attached hydrogens (tertiary/aromatic N) is 2. The standard InChI is InChI=1S/C22H31F3N4O5/c1-22(2,3)34-21(32)27-15(9-14-10-17(24)18(25)12-16(14)23)11-19(30)29-8-7-28(6-5-26-29)13-20(31)33-4/h10,12,15,26H,5-9,11,13H2,1-4H3,(H,27,32)/t15-/m1/s1. The van der Waals surface area contributed by atoms with E-state index >= 15 is 0 Å². The van der Waals surface area contributed by atoms with Gasteiger partial charge in [-0.3, -0.25) is 19.5 Å². The van der Waals surface area contributed by atoms with Crippen LogP contribution < -0.4 is 10.7 Å². The van der Waals surface area contributed by atoms with Crippen molar-refractivity contribution in [3.8, 4) is 0 Å². The summed E-state index contributed by atoms with van der Waals surface area (Å²) < 4.78 is 51.1. The van der Waals surface area contributed by atoms with Crippen molar-refractivity contribution < 1.29 is 37.0 Å². The van der Waals surface area contributed by atoms with Crippen molar-refractivity contribution in [3.63, 3.8) is 0 Å². The molecule has 190 valence electrons. The number of nitrogens with one attached hydrogen (secondary N) is 2. The Hall–Kier alpha value is -2.86. The number of carbonyl (C=O) groups excluding carboxylic acids is 3. The number of benzene rings is 1. The summed E-state index contributed by atoms with van der Waals surface area (Å²) in [5, 5.41) is 3.87. The zero-order chi connectivity index (χ0) is 25.5. The van der Waals surface area contributed by atoms with Crippen LogP contribution in [0.2, 0.25) is 0 Å². The first-order valence-corrected chi connectivity index (χ1v) is 10.8. The Kier molecular flexibility index (Phi) is 9.68. The molecule has 1 atom stereocenters. The highest BCUT2D eigenvalue weighted by molar-refractivity contribution is 5.77. The zero-order valence-corrected chi connectivity index (χ0v) is 19.8. The molecule has 0 spiro atoms. The fourth-order valence-electron chi connectivity index (χ4n) is 3.35. The Morgan fingerprint density at radius 2 is 1.76 bits per heavy atom. The number of carbonyl (C=O) groups is 3. The van der Waals surface area contributed by atoms with Gasteiger partial charge in [-0.1, -0.05) is 0 Å². The molecular weight excluding hydrogens is 457 g/mol. The Balaban J connectivity index is 2.11. The molecule has 0 radical (unpaired) electrons. The van der Waals surface area contributed by atoms with Crippen molar-refractivity contribution in [2.24, 2.45) is 0 Å². The highest BCUT2D eigenvalue weighted by Gasteiger charge is 2.27. The van der Waals surface area contributed by atoms with Crippen LogP contribution in [0, 0.1) is 17.5 Å². The molecule has 2 amide bonds. The predicted octanol–water partition coefficient (Wildman–Crippen LogP) is 1.75. The maximum atomic E-state index is 14.2. The lowest BCUT2D eigenvalue weighted by Crippen LogP contribution is -2.48. The monoisotopic (exact) mass is 488 g/mol. The van der Waals surface area contributed by atoms with Gasteiger partial charge in [-0.25, -0.2) is 23.4 Å². The molecule has 1 saturated heterocycles. The van der Waals surface area contributed by atoms with E-state index in [1.165, 1.54) is 12.1 Å². The number of hydrazine groups is 1. The topological polar surface area (TPSA) is 100 Å². The number of hydrogen-bond acceptors (Lipinski definition) is 7. The van der Waals surface area contributed by atoms with Gasteiger partial charge in [0.05, 0.1) is 20.2 Å². The molecule has 1 fully saturated rings. The molecule has 0 saturated carbocycles. The normalized spacial score (nSPS) is 15.9. The fourth-order valence-corrected chi connectivity index (χ4v) is 3.35. The quantitative estimate of drug-likeness (QED) is 0.446. The Bertz CT molecular complexity index is 894. The molecular formula is C22H31F3N4O5. The van der Waals surface area contributed by atoms with E-state index in [9.17, 15) is 27.6 Å². The van der Waals surface area contributed by atoms with Crippen LogP contribution in [0.5, 0.6) is 0 Å². The Morgan fingerprint density at radius 1 is 1.09 bits per heavy atom. The Labute approximate surface area is 196 Å². The number of halogens is 3. The van der Waals surface area contributed by atoms with E-state index in [-0.39, 0.29) is 31.5 Å². The van der Waals surface area contributed by atoms with Gasteiger partial charge in [-0.15, -0.1) is 0 Å². The molecule has 2 N–H and O–H groups in total. The summed E-state index contributed by atoms with van der Waals surface area (Å²) in [4.78, 5) is 38.6. The van der Waals surface area contributed by atoms with Crippen LogP contribution in [0.3, 0.4) is 0 Å². The van der Waals surface area contributed by atoms with Gasteiger partial charge in [0, 0.05) is 38.2 Å². The van der Waals surface area contributed by atoms with Gasteiger partial charge in [0.25, 0.3) is 0 Å².